The highest BCUT2D eigenvalue weighted by Crippen LogP contribution is 2.19. The van der Waals surface area contributed by atoms with Crippen molar-refractivity contribution in [3.05, 3.63) is 35.9 Å². The average Bonchev–Trinajstić information content (AvgIpc) is 2.67. The number of ether oxygens (including phenoxy) is 1. The molecule has 24 heavy (non-hydrogen) atoms. The molecule has 1 aromatic rings. The Kier molecular flexibility index (Phi) is 5.82. The molecule has 1 atom stereocenters. The number of hydrogen-bond donors (Lipinski definition) is 2. The third-order valence-electron chi connectivity index (χ3n) is 4.69. The molecule has 2 aliphatic heterocycles. The summed E-state index contributed by atoms with van der Waals surface area (Å²) in [6, 6.07) is 9.89. The Morgan fingerprint density at radius 3 is 2.62 bits per heavy atom. The van der Waals surface area contributed by atoms with Gasteiger partial charge in [0.25, 0.3) is 5.91 Å². The molecule has 2 aliphatic rings. The number of morpholine rings is 1. The van der Waals surface area contributed by atoms with Crippen molar-refractivity contribution in [1.82, 2.24) is 15.5 Å². The van der Waals surface area contributed by atoms with E-state index < -0.39 is 0 Å². The van der Waals surface area contributed by atoms with Crippen LogP contribution in [0.3, 0.4) is 0 Å². The van der Waals surface area contributed by atoms with Crippen LogP contribution in [-0.4, -0.2) is 55.6 Å². The van der Waals surface area contributed by atoms with Crippen LogP contribution in [0.25, 0.3) is 0 Å². The van der Waals surface area contributed by atoms with Crippen LogP contribution in [-0.2, 0) is 20.9 Å². The average molecular weight is 331 g/mol. The van der Waals surface area contributed by atoms with Gasteiger partial charge in [-0.05, 0) is 18.4 Å². The lowest BCUT2D eigenvalue weighted by Crippen LogP contribution is -2.52. The molecule has 1 unspecified atom stereocenters. The number of carbonyl (C=O) groups is 2. The number of piperidine rings is 1. The minimum Gasteiger partial charge on any atom is -0.366 e. The molecule has 3 rings (SSSR count). The standard InChI is InChI=1S/C18H25N3O3/c22-17(20-12-14-4-2-1-3-5-14)15-6-9-21(10-7-15)18(23)16-13-19-8-11-24-16/h1-5,15-16,19H,6-13H2,(H,20,22). The molecular weight excluding hydrogens is 306 g/mol. The predicted octanol–water partition coefficient (Wildman–Crippen LogP) is 0.530. The van der Waals surface area contributed by atoms with Gasteiger partial charge < -0.3 is 20.3 Å². The number of likely N-dealkylation sites (tertiary alicyclic amines) is 1. The number of nitrogens with one attached hydrogen (secondary N) is 2. The van der Waals surface area contributed by atoms with E-state index in [2.05, 4.69) is 10.6 Å². The number of benzene rings is 1. The topological polar surface area (TPSA) is 70.7 Å². The number of nitrogens with zero attached hydrogens (tertiary/aromatic N) is 1. The summed E-state index contributed by atoms with van der Waals surface area (Å²) < 4.78 is 5.52. The van der Waals surface area contributed by atoms with Crippen LogP contribution in [0.5, 0.6) is 0 Å². The summed E-state index contributed by atoms with van der Waals surface area (Å²) in [5, 5.41) is 6.18. The Bertz CT molecular complexity index is 550. The van der Waals surface area contributed by atoms with Gasteiger partial charge in [-0.25, -0.2) is 0 Å². The zero-order valence-corrected chi connectivity index (χ0v) is 13.9. The van der Waals surface area contributed by atoms with Crippen molar-refractivity contribution in [2.75, 3.05) is 32.8 Å². The van der Waals surface area contributed by atoms with E-state index in [0.29, 0.717) is 45.6 Å². The number of carbonyl (C=O) groups excluding carboxylic acids is 2. The second kappa shape index (κ2) is 8.26. The van der Waals surface area contributed by atoms with Gasteiger partial charge in [-0.15, -0.1) is 0 Å². The number of hydrogen-bond acceptors (Lipinski definition) is 4. The zero-order valence-electron chi connectivity index (χ0n) is 13.9. The van der Waals surface area contributed by atoms with Crippen LogP contribution in [0.15, 0.2) is 30.3 Å². The van der Waals surface area contributed by atoms with Gasteiger partial charge >= 0.3 is 0 Å². The van der Waals surface area contributed by atoms with Crippen molar-refractivity contribution in [3.63, 3.8) is 0 Å². The van der Waals surface area contributed by atoms with Gasteiger partial charge in [0.2, 0.25) is 5.91 Å². The molecule has 0 aromatic heterocycles. The van der Waals surface area contributed by atoms with E-state index in [4.69, 9.17) is 4.74 Å². The zero-order chi connectivity index (χ0) is 16.8. The van der Waals surface area contributed by atoms with Gasteiger partial charge in [0.1, 0.15) is 6.10 Å². The summed E-state index contributed by atoms with van der Waals surface area (Å²) in [6.45, 7) is 3.77. The first kappa shape index (κ1) is 16.9. The molecule has 2 saturated heterocycles. The maximum atomic E-state index is 12.4. The van der Waals surface area contributed by atoms with E-state index >= 15 is 0 Å². The largest absolute Gasteiger partial charge is 0.366 e. The van der Waals surface area contributed by atoms with E-state index in [0.717, 1.165) is 12.1 Å². The van der Waals surface area contributed by atoms with Crippen molar-refractivity contribution in [3.8, 4) is 0 Å². The molecule has 6 heteroatoms. The van der Waals surface area contributed by atoms with Crippen LogP contribution >= 0.6 is 0 Å². The molecule has 6 nitrogen and oxygen atoms in total. The molecule has 0 aliphatic carbocycles. The fraction of sp³-hybridized carbons (Fsp3) is 0.556. The number of amides is 2. The van der Waals surface area contributed by atoms with Crippen LogP contribution in [0.2, 0.25) is 0 Å². The van der Waals surface area contributed by atoms with Crippen molar-refractivity contribution in [2.45, 2.75) is 25.5 Å². The first-order valence-electron chi connectivity index (χ1n) is 8.67. The molecule has 0 bridgehead atoms. The van der Waals surface area contributed by atoms with Crippen LogP contribution in [0.1, 0.15) is 18.4 Å². The summed E-state index contributed by atoms with van der Waals surface area (Å²) in [4.78, 5) is 26.5. The fourth-order valence-corrected chi connectivity index (χ4v) is 3.22. The van der Waals surface area contributed by atoms with Crippen LogP contribution in [0.4, 0.5) is 0 Å². The van der Waals surface area contributed by atoms with Gasteiger partial charge in [0, 0.05) is 38.6 Å². The molecule has 0 saturated carbocycles. The smallest absolute Gasteiger partial charge is 0.253 e. The minimum atomic E-state index is -0.373. The van der Waals surface area contributed by atoms with Gasteiger partial charge in [0.05, 0.1) is 6.61 Å². The van der Waals surface area contributed by atoms with Gasteiger partial charge in [-0.1, -0.05) is 30.3 Å². The summed E-state index contributed by atoms with van der Waals surface area (Å²) in [6.07, 6.45) is 1.06. The molecule has 2 fully saturated rings. The number of rotatable bonds is 4. The van der Waals surface area contributed by atoms with E-state index in [9.17, 15) is 9.59 Å². The van der Waals surface area contributed by atoms with E-state index in [1.165, 1.54) is 0 Å². The maximum Gasteiger partial charge on any atom is 0.253 e. The summed E-state index contributed by atoms with van der Waals surface area (Å²) in [7, 11) is 0. The fourth-order valence-electron chi connectivity index (χ4n) is 3.22. The van der Waals surface area contributed by atoms with Crippen molar-refractivity contribution in [1.29, 1.82) is 0 Å². The van der Waals surface area contributed by atoms with E-state index in [-0.39, 0.29) is 23.8 Å². The Morgan fingerprint density at radius 1 is 1.21 bits per heavy atom. The molecular formula is C18H25N3O3. The maximum absolute atomic E-state index is 12.4. The molecule has 0 spiro atoms. The highest BCUT2D eigenvalue weighted by Gasteiger charge is 2.31. The van der Waals surface area contributed by atoms with Crippen LogP contribution < -0.4 is 10.6 Å². The monoisotopic (exact) mass is 331 g/mol. The first-order chi connectivity index (χ1) is 11.7. The molecule has 2 amide bonds. The molecule has 2 N–H and O–H groups in total. The first-order valence-corrected chi connectivity index (χ1v) is 8.67. The van der Waals surface area contributed by atoms with Crippen molar-refractivity contribution in [2.24, 2.45) is 5.92 Å². The van der Waals surface area contributed by atoms with Crippen LogP contribution in [0, 0.1) is 5.92 Å². The van der Waals surface area contributed by atoms with Gasteiger partial charge in [-0.3, -0.25) is 9.59 Å². The minimum absolute atomic E-state index is 0.0110. The van der Waals surface area contributed by atoms with Crippen molar-refractivity contribution < 1.29 is 14.3 Å². The Labute approximate surface area is 142 Å². The van der Waals surface area contributed by atoms with E-state index in [1.807, 2.05) is 35.2 Å². The highest BCUT2D eigenvalue weighted by atomic mass is 16.5. The quantitative estimate of drug-likeness (QED) is 0.844. The lowest BCUT2D eigenvalue weighted by Gasteiger charge is -2.34. The Hall–Kier alpha value is -1.92. The Balaban J connectivity index is 1.42. The summed E-state index contributed by atoms with van der Waals surface area (Å²) >= 11 is 0. The lowest BCUT2D eigenvalue weighted by atomic mass is 9.95. The molecule has 2 heterocycles. The third-order valence-corrected chi connectivity index (χ3v) is 4.69. The third kappa shape index (κ3) is 4.33. The second-order valence-electron chi connectivity index (χ2n) is 6.37. The van der Waals surface area contributed by atoms with Crippen molar-refractivity contribution >= 4 is 11.8 Å². The lowest BCUT2D eigenvalue weighted by molar-refractivity contribution is -0.147. The normalized spacial score (nSPS) is 22.2. The second-order valence-corrected chi connectivity index (χ2v) is 6.37. The van der Waals surface area contributed by atoms with Gasteiger partial charge in [0.15, 0.2) is 0 Å². The molecule has 0 radical (unpaired) electrons. The highest BCUT2D eigenvalue weighted by molar-refractivity contribution is 5.82. The predicted molar refractivity (Wildman–Crippen MR) is 90.2 cm³/mol. The molecule has 1 aromatic carbocycles. The SMILES string of the molecule is O=C(NCc1ccccc1)C1CCN(C(=O)C2CNCCO2)CC1. The Morgan fingerprint density at radius 2 is 1.96 bits per heavy atom. The van der Waals surface area contributed by atoms with E-state index in [1.54, 1.807) is 0 Å². The van der Waals surface area contributed by atoms with Gasteiger partial charge in [-0.2, -0.15) is 0 Å². The summed E-state index contributed by atoms with van der Waals surface area (Å²) in [5.41, 5.74) is 1.10. The summed E-state index contributed by atoms with van der Waals surface area (Å²) in [5.74, 6) is 0.120. The molecule has 130 valence electrons.